The smallest absolute Gasteiger partial charge is 0.315 e. The normalized spacial score (nSPS) is 13.0. The second kappa shape index (κ2) is 8.32. The molecule has 25 heavy (non-hydrogen) atoms. The third-order valence-electron chi connectivity index (χ3n) is 4.06. The van der Waals surface area contributed by atoms with E-state index in [1.165, 1.54) is 0 Å². The first kappa shape index (κ1) is 18.5. The van der Waals surface area contributed by atoms with Crippen molar-refractivity contribution in [1.29, 1.82) is 0 Å². The Morgan fingerprint density at radius 2 is 2.00 bits per heavy atom. The summed E-state index contributed by atoms with van der Waals surface area (Å²) in [5, 5.41) is 9.75. The van der Waals surface area contributed by atoms with Crippen LogP contribution < -0.4 is 10.6 Å². The van der Waals surface area contributed by atoms with Gasteiger partial charge in [0.25, 0.3) is 0 Å². The Labute approximate surface area is 148 Å². The van der Waals surface area contributed by atoms with Crippen LogP contribution in [0.15, 0.2) is 42.7 Å². The highest BCUT2D eigenvalue weighted by Crippen LogP contribution is 2.16. The van der Waals surface area contributed by atoms with Crippen molar-refractivity contribution < 1.29 is 9.59 Å². The Balaban J connectivity index is 1.97. The largest absolute Gasteiger partial charge is 0.344 e. The lowest BCUT2D eigenvalue weighted by atomic mass is 10.1. The van der Waals surface area contributed by atoms with Gasteiger partial charge in [0.15, 0.2) is 0 Å². The van der Waals surface area contributed by atoms with Crippen LogP contribution in [0.2, 0.25) is 0 Å². The number of nitrogens with zero attached hydrogens (tertiary/aromatic N) is 3. The van der Waals surface area contributed by atoms with Crippen molar-refractivity contribution in [3.8, 4) is 5.69 Å². The van der Waals surface area contributed by atoms with Crippen LogP contribution in [0.1, 0.15) is 32.4 Å². The van der Waals surface area contributed by atoms with E-state index < -0.39 is 6.04 Å². The van der Waals surface area contributed by atoms with Crippen LogP contribution in [-0.4, -0.2) is 46.3 Å². The molecule has 2 atom stereocenters. The summed E-state index contributed by atoms with van der Waals surface area (Å²) in [5.74, 6) is -0.119. The summed E-state index contributed by atoms with van der Waals surface area (Å²) in [6.45, 7) is 6.06. The Morgan fingerprint density at radius 3 is 2.64 bits per heavy atom. The summed E-state index contributed by atoms with van der Waals surface area (Å²) in [6.07, 6.45) is 3.58. The van der Waals surface area contributed by atoms with Crippen LogP contribution in [0, 0.1) is 0 Å². The van der Waals surface area contributed by atoms with Gasteiger partial charge in [-0.2, -0.15) is 5.10 Å². The van der Waals surface area contributed by atoms with Crippen LogP contribution in [0.5, 0.6) is 0 Å². The summed E-state index contributed by atoms with van der Waals surface area (Å²) in [7, 11) is 1.71. The molecule has 7 heteroatoms. The molecule has 1 aromatic heterocycles. The molecule has 0 saturated heterocycles. The Hall–Kier alpha value is -2.83. The predicted molar refractivity (Wildman–Crippen MR) is 96.4 cm³/mol. The molecule has 2 rings (SSSR count). The van der Waals surface area contributed by atoms with E-state index in [1.54, 1.807) is 29.7 Å². The van der Waals surface area contributed by atoms with Crippen LogP contribution in [-0.2, 0) is 4.79 Å². The minimum absolute atomic E-state index is 0.119. The van der Waals surface area contributed by atoms with Gasteiger partial charge in [0.05, 0.1) is 11.7 Å². The quantitative estimate of drug-likeness (QED) is 0.843. The zero-order chi connectivity index (χ0) is 18.4. The van der Waals surface area contributed by atoms with Crippen LogP contribution in [0.25, 0.3) is 5.69 Å². The number of carbonyl (C=O) groups is 2. The van der Waals surface area contributed by atoms with Gasteiger partial charge in [0.2, 0.25) is 5.91 Å². The third-order valence-corrected chi connectivity index (χ3v) is 4.06. The van der Waals surface area contributed by atoms with Crippen LogP contribution in [0.3, 0.4) is 0 Å². The second-order valence-electron chi connectivity index (χ2n) is 5.96. The highest BCUT2D eigenvalue weighted by molar-refractivity contribution is 5.86. The lowest BCUT2D eigenvalue weighted by Crippen LogP contribution is -2.49. The minimum Gasteiger partial charge on any atom is -0.344 e. The van der Waals surface area contributed by atoms with Gasteiger partial charge in [0, 0.05) is 26.0 Å². The van der Waals surface area contributed by atoms with E-state index >= 15 is 0 Å². The minimum atomic E-state index is -0.576. The molecular weight excluding hydrogens is 318 g/mol. The Morgan fingerprint density at radius 1 is 1.24 bits per heavy atom. The topological polar surface area (TPSA) is 79.3 Å². The van der Waals surface area contributed by atoms with Gasteiger partial charge in [-0.1, -0.05) is 12.1 Å². The number of likely N-dealkylation sites (N-methyl/N-ethyl adjacent to an activating group) is 1. The monoisotopic (exact) mass is 343 g/mol. The average Bonchev–Trinajstić information content (AvgIpc) is 3.14. The predicted octanol–water partition coefficient (Wildman–Crippen LogP) is 2.10. The fraction of sp³-hybridized carbons (Fsp3) is 0.389. The van der Waals surface area contributed by atoms with Gasteiger partial charge in [-0.3, -0.25) is 4.79 Å². The van der Waals surface area contributed by atoms with E-state index in [9.17, 15) is 9.59 Å². The van der Waals surface area contributed by atoms with Crippen LogP contribution in [0.4, 0.5) is 4.79 Å². The van der Waals surface area contributed by atoms with Crippen molar-refractivity contribution in [2.45, 2.75) is 32.9 Å². The molecule has 0 bridgehead atoms. The van der Waals surface area contributed by atoms with Gasteiger partial charge < -0.3 is 15.5 Å². The zero-order valence-electron chi connectivity index (χ0n) is 15.1. The molecular formula is C18H25N5O2. The molecule has 2 N–H and O–H groups in total. The van der Waals surface area contributed by atoms with E-state index in [-0.39, 0.29) is 18.0 Å². The number of amides is 3. The molecule has 3 amide bonds. The van der Waals surface area contributed by atoms with Crippen molar-refractivity contribution in [3.05, 3.63) is 48.3 Å². The number of aromatic nitrogens is 2. The standard InChI is InChI=1S/C18H25N5O2/c1-5-22(4)17(24)14(3)21-18(25)20-13(2)15-8-6-9-16(12-15)23-11-7-10-19-23/h6-14H,5H2,1-4H3,(H2,20,21,25)/t13-,14+/m0/s1. The van der Waals surface area contributed by atoms with Gasteiger partial charge in [-0.05, 0) is 44.5 Å². The van der Waals surface area contributed by atoms with Gasteiger partial charge in [-0.15, -0.1) is 0 Å². The molecule has 0 spiro atoms. The molecule has 0 aliphatic rings. The number of rotatable bonds is 6. The maximum absolute atomic E-state index is 12.2. The maximum Gasteiger partial charge on any atom is 0.315 e. The van der Waals surface area contributed by atoms with E-state index in [2.05, 4.69) is 15.7 Å². The highest BCUT2D eigenvalue weighted by atomic mass is 16.2. The summed E-state index contributed by atoms with van der Waals surface area (Å²) in [5.41, 5.74) is 1.87. The molecule has 0 aliphatic carbocycles. The van der Waals surface area contributed by atoms with Gasteiger partial charge >= 0.3 is 6.03 Å². The van der Waals surface area contributed by atoms with Crippen molar-refractivity contribution in [3.63, 3.8) is 0 Å². The molecule has 0 aliphatic heterocycles. The third kappa shape index (κ3) is 4.82. The number of benzene rings is 1. The van der Waals surface area contributed by atoms with Crippen molar-refractivity contribution in [2.24, 2.45) is 0 Å². The first-order chi connectivity index (χ1) is 11.9. The average molecular weight is 343 g/mol. The molecule has 134 valence electrons. The van der Waals surface area contributed by atoms with Gasteiger partial charge in [0.1, 0.15) is 6.04 Å². The molecule has 0 unspecified atom stereocenters. The SMILES string of the molecule is CCN(C)C(=O)[C@@H](C)NC(=O)N[C@@H](C)c1cccc(-n2cccn2)c1. The molecule has 7 nitrogen and oxygen atoms in total. The summed E-state index contributed by atoms with van der Waals surface area (Å²) in [6, 6.07) is 8.48. The number of hydrogen-bond donors (Lipinski definition) is 2. The first-order valence-electron chi connectivity index (χ1n) is 8.34. The van der Waals surface area contributed by atoms with Crippen LogP contribution >= 0.6 is 0 Å². The number of urea groups is 1. The fourth-order valence-corrected chi connectivity index (χ4v) is 2.42. The second-order valence-corrected chi connectivity index (χ2v) is 5.96. The van der Waals surface area contributed by atoms with Gasteiger partial charge in [-0.25, -0.2) is 9.48 Å². The Kier molecular flexibility index (Phi) is 6.16. The number of carbonyl (C=O) groups excluding carboxylic acids is 2. The molecule has 0 radical (unpaired) electrons. The van der Waals surface area contributed by atoms with E-state index in [0.717, 1.165) is 11.3 Å². The van der Waals surface area contributed by atoms with Crippen molar-refractivity contribution in [2.75, 3.05) is 13.6 Å². The van der Waals surface area contributed by atoms with E-state index in [4.69, 9.17) is 0 Å². The first-order valence-corrected chi connectivity index (χ1v) is 8.34. The lowest BCUT2D eigenvalue weighted by Gasteiger charge is -2.22. The fourth-order valence-electron chi connectivity index (χ4n) is 2.42. The summed E-state index contributed by atoms with van der Waals surface area (Å²) >= 11 is 0. The van der Waals surface area contributed by atoms with Crippen molar-refractivity contribution in [1.82, 2.24) is 25.3 Å². The molecule has 0 fully saturated rings. The molecule has 1 heterocycles. The van der Waals surface area contributed by atoms with Crippen molar-refractivity contribution >= 4 is 11.9 Å². The highest BCUT2D eigenvalue weighted by Gasteiger charge is 2.19. The number of nitrogens with one attached hydrogen (secondary N) is 2. The van der Waals surface area contributed by atoms with E-state index in [0.29, 0.717) is 6.54 Å². The van der Waals surface area contributed by atoms with E-state index in [1.807, 2.05) is 50.4 Å². The molecule has 1 aromatic carbocycles. The maximum atomic E-state index is 12.2. The number of hydrogen-bond acceptors (Lipinski definition) is 3. The summed E-state index contributed by atoms with van der Waals surface area (Å²) < 4.78 is 1.76. The molecule has 2 aromatic rings. The zero-order valence-corrected chi connectivity index (χ0v) is 15.1. The lowest BCUT2D eigenvalue weighted by molar-refractivity contribution is -0.131. The summed E-state index contributed by atoms with van der Waals surface area (Å²) in [4.78, 5) is 25.7. The molecule has 0 saturated carbocycles. The Bertz CT molecular complexity index is 714.